The summed E-state index contributed by atoms with van der Waals surface area (Å²) in [5.41, 5.74) is 0. The van der Waals surface area contributed by atoms with Gasteiger partial charge in [-0.05, 0) is 6.92 Å². The number of hydrogen-bond acceptors (Lipinski definition) is 3. The van der Waals surface area contributed by atoms with E-state index in [0.717, 1.165) is 0 Å². The minimum atomic E-state index is 0. The summed E-state index contributed by atoms with van der Waals surface area (Å²) in [6, 6.07) is 0. The van der Waals surface area contributed by atoms with Gasteiger partial charge in [-0.1, -0.05) is 0 Å². The molecule has 0 amide bonds. The normalized spacial score (nSPS) is 6.43. The Kier molecular flexibility index (Phi) is 10.2. The summed E-state index contributed by atoms with van der Waals surface area (Å²) in [6.45, 7) is 2.43. The van der Waals surface area contributed by atoms with E-state index in [2.05, 4.69) is 29.6 Å². The van der Waals surface area contributed by atoms with Crippen LogP contribution in [-0.4, -0.2) is 11.0 Å². The SMILES string of the molecule is CCOC(=S)[S-].[Li+]. The number of thiocarbonyl (C=S) groups is 1. The van der Waals surface area contributed by atoms with Crippen molar-refractivity contribution in [2.45, 2.75) is 6.92 Å². The topological polar surface area (TPSA) is 9.23 Å². The second-order valence-electron chi connectivity index (χ2n) is 0.683. The van der Waals surface area contributed by atoms with Crippen molar-refractivity contribution in [3.63, 3.8) is 0 Å². The van der Waals surface area contributed by atoms with Crippen LogP contribution in [0, 0.1) is 0 Å². The standard InChI is InChI=1S/C3H6OS2.Li/c1-2-4-3(5)6;/h2H2,1H3,(H,5,6);/q;+1/p-1. The van der Waals surface area contributed by atoms with Gasteiger partial charge in [0.2, 0.25) is 0 Å². The number of rotatable bonds is 1. The van der Waals surface area contributed by atoms with Crippen LogP contribution < -0.4 is 18.9 Å². The van der Waals surface area contributed by atoms with Gasteiger partial charge < -0.3 is 29.6 Å². The Balaban J connectivity index is 0. The molecule has 0 radical (unpaired) electrons. The molecule has 0 rings (SSSR count). The predicted molar refractivity (Wildman–Crippen MR) is 31.6 cm³/mol. The molecule has 0 aliphatic carbocycles. The molecule has 7 heavy (non-hydrogen) atoms. The Bertz CT molecular complexity index is 56.9. The molecule has 0 fully saturated rings. The van der Waals surface area contributed by atoms with Gasteiger partial charge in [0.15, 0.2) is 0 Å². The third-order valence-corrected chi connectivity index (χ3v) is 0.498. The minimum absolute atomic E-state index is 0. The summed E-state index contributed by atoms with van der Waals surface area (Å²) in [7, 11) is 0. The van der Waals surface area contributed by atoms with Crippen molar-refractivity contribution in [3.8, 4) is 0 Å². The molecule has 4 heteroatoms. The van der Waals surface area contributed by atoms with E-state index in [1.165, 1.54) is 0 Å². The van der Waals surface area contributed by atoms with Gasteiger partial charge in [-0.2, -0.15) is 0 Å². The van der Waals surface area contributed by atoms with Crippen molar-refractivity contribution in [2.75, 3.05) is 6.61 Å². The third-order valence-electron chi connectivity index (χ3n) is 0.262. The summed E-state index contributed by atoms with van der Waals surface area (Å²) >= 11 is 8.77. The molecular formula is C3H5LiOS2. The third kappa shape index (κ3) is 10.8. The monoisotopic (exact) mass is 128 g/mol. The molecule has 1 nitrogen and oxygen atoms in total. The van der Waals surface area contributed by atoms with Crippen molar-refractivity contribution < 1.29 is 23.6 Å². The average Bonchev–Trinajstić information content (AvgIpc) is 1.35. The molecule has 0 aliphatic rings. The number of ether oxygens (including phenoxy) is 1. The zero-order chi connectivity index (χ0) is 4.99. The molecule has 0 aromatic carbocycles. The van der Waals surface area contributed by atoms with Crippen LogP contribution in [0.15, 0.2) is 0 Å². The zero-order valence-corrected chi connectivity index (χ0v) is 6.06. The number of hydrogen-bond donors (Lipinski definition) is 0. The zero-order valence-electron chi connectivity index (χ0n) is 4.43. The maximum atomic E-state index is 4.59. The Morgan fingerprint density at radius 3 is 2.29 bits per heavy atom. The molecule has 0 saturated carbocycles. The first-order valence-corrected chi connectivity index (χ1v) is 2.42. The van der Waals surface area contributed by atoms with Crippen LogP contribution in [0.4, 0.5) is 0 Å². The summed E-state index contributed by atoms with van der Waals surface area (Å²) < 4.78 is 4.79. The summed E-state index contributed by atoms with van der Waals surface area (Å²) in [4.78, 5) is 0. The van der Waals surface area contributed by atoms with E-state index >= 15 is 0 Å². The molecule has 0 unspecified atom stereocenters. The summed E-state index contributed by atoms with van der Waals surface area (Å²) in [5, 5.41) is 0. The minimum Gasteiger partial charge on any atom is -0.514 e. The molecule has 0 atom stereocenters. The van der Waals surface area contributed by atoms with Crippen LogP contribution in [-0.2, 0) is 17.4 Å². The second-order valence-corrected chi connectivity index (χ2v) is 1.68. The molecule has 0 aromatic heterocycles. The first-order chi connectivity index (χ1) is 2.77. The molecular weight excluding hydrogens is 123 g/mol. The van der Waals surface area contributed by atoms with Crippen molar-refractivity contribution in [1.29, 1.82) is 0 Å². The molecule has 0 spiro atoms. The smallest absolute Gasteiger partial charge is 0.514 e. The average molecular weight is 128 g/mol. The van der Waals surface area contributed by atoms with E-state index in [0.29, 0.717) is 6.61 Å². The first-order valence-electron chi connectivity index (χ1n) is 1.61. The van der Waals surface area contributed by atoms with Crippen molar-refractivity contribution in [1.82, 2.24) is 0 Å². The molecule has 36 valence electrons. The van der Waals surface area contributed by atoms with Crippen LogP contribution in [0.5, 0.6) is 0 Å². The van der Waals surface area contributed by atoms with Gasteiger partial charge in [0, 0.05) is 4.38 Å². The van der Waals surface area contributed by atoms with Crippen LogP contribution in [0.3, 0.4) is 0 Å². The fraction of sp³-hybridized carbons (Fsp3) is 0.667. The van der Waals surface area contributed by atoms with E-state index in [-0.39, 0.29) is 23.2 Å². The molecule has 0 aromatic rings. The van der Waals surface area contributed by atoms with Crippen molar-refractivity contribution >= 4 is 29.2 Å². The van der Waals surface area contributed by atoms with Crippen LogP contribution in [0.2, 0.25) is 0 Å². The molecule has 0 N–H and O–H groups in total. The van der Waals surface area contributed by atoms with Crippen LogP contribution >= 0.6 is 12.2 Å². The molecule has 0 saturated heterocycles. The van der Waals surface area contributed by atoms with E-state index in [1.807, 2.05) is 6.92 Å². The van der Waals surface area contributed by atoms with E-state index in [4.69, 9.17) is 0 Å². The summed E-state index contributed by atoms with van der Waals surface area (Å²) in [5.74, 6) is 0. The van der Waals surface area contributed by atoms with E-state index in [9.17, 15) is 0 Å². The van der Waals surface area contributed by atoms with Gasteiger partial charge in [-0.15, -0.1) is 0 Å². The van der Waals surface area contributed by atoms with Crippen LogP contribution in [0.25, 0.3) is 0 Å². The Morgan fingerprint density at radius 1 is 1.86 bits per heavy atom. The van der Waals surface area contributed by atoms with E-state index < -0.39 is 0 Å². The largest absolute Gasteiger partial charge is 1.00 e. The molecule has 0 aliphatic heterocycles. The van der Waals surface area contributed by atoms with Crippen molar-refractivity contribution in [3.05, 3.63) is 0 Å². The van der Waals surface area contributed by atoms with Gasteiger partial charge in [0.1, 0.15) is 0 Å². The quantitative estimate of drug-likeness (QED) is 0.226. The fourth-order valence-corrected chi connectivity index (χ4v) is 0.354. The first kappa shape index (κ1) is 10.6. The maximum absolute atomic E-state index is 4.59. The maximum Gasteiger partial charge on any atom is 1.00 e. The molecule has 0 heterocycles. The Morgan fingerprint density at radius 2 is 2.29 bits per heavy atom. The Labute approximate surface area is 66.4 Å². The molecule has 0 bridgehead atoms. The summed E-state index contributed by atoms with van der Waals surface area (Å²) in [6.07, 6.45) is 0. The van der Waals surface area contributed by atoms with Crippen LogP contribution in [0.1, 0.15) is 6.92 Å². The fourth-order valence-electron chi connectivity index (χ4n) is 0.118. The van der Waals surface area contributed by atoms with Gasteiger partial charge in [0.05, 0.1) is 6.61 Å². The van der Waals surface area contributed by atoms with E-state index in [1.54, 1.807) is 0 Å². The Hall–Kier alpha value is 0.707. The van der Waals surface area contributed by atoms with Gasteiger partial charge in [-0.25, -0.2) is 0 Å². The van der Waals surface area contributed by atoms with Gasteiger partial charge in [0.25, 0.3) is 0 Å². The van der Waals surface area contributed by atoms with Gasteiger partial charge >= 0.3 is 18.9 Å². The van der Waals surface area contributed by atoms with Gasteiger partial charge in [-0.3, -0.25) is 0 Å². The predicted octanol–water partition coefficient (Wildman–Crippen LogP) is -2.14. The van der Waals surface area contributed by atoms with Crippen molar-refractivity contribution in [2.24, 2.45) is 0 Å². The second kappa shape index (κ2) is 6.71.